The highest BCUT2D eigenvalue weighted by Gasteiger charge is 2.20. The number of hydrogen-bond donors (Lipinski definition) is 2. The molecule has 20 heavy (non-hydrogen) atoms. The maximum atomic E-state index is 12.0. The van der Waals surface area contributed by atoms with Gasteiger partial charge in [0.1, 0.15) is 0 Å². The number of rotatable bonds is 5. The maximum Gasteiger partial charge on any atom is 0.223 e. The first-order valence-corrected chi connectivity index (χ1v) is 6.86. The van der Waals surface area contributed by atoms with Crippen molar-refractivity contribution in [1.82, 2.24) is 15.6 Å². The van der Waals surface area contributed by atoms with Crippen LogP contribution in [0.15, 0.2) is 18.3 Å². The summed E-state index contributed by atoms with van der Waals surface area (Å²) in [6, 6.07) is 3.79. The number of amides is 1. The summed E-state index contributed by atoms with van der Waals surface area (Å²) in [7, 11) is 0. The molecule has 1 amide bonds. The van der Waals surface area contributed by atoms with E-state index >= 15 is 0 Å². The molecule has 5 nitrogen and oxygen atoms in total. The molecular weight excluding hydrogens is 278 g/mol. The van der Waals surface area contributed by atoms with Crippen molar-refractivity contribution in [3.8, 4) is 5.88 Å². The average molecular weight is 300 g/mol. The summed E-state index contributed by atoms with van der Waals surface area (Å²) in [5.41, 5.74) is 0.923. The van der Waals surface area contributed by atoms with Crippen molar-refractivity contribution in [2.45, 2.75) is 26.3 Å². The molecule has 2 rings (SSSR count). The number of ether oxygens (including phenoxy) is 1. The fourth-order valence-electron chi connectivity index (χ4n) is 2.24. The third-order valence-electron chi connectivity index (χ3n) is 3.29. The van der Waals surface area contributed by atoms with Gasteiger partial charge in [0, 0.05) is 24.2 Å². The van der Waals surface area contributed by atoms with E-state index in [9.17, 15) is 4.79 Å². The van der Waals surface area contributed by atoms with Gasteiger partial charge in [0.25, 0.3) is 0 Å². The molecule has 1 aliphatic heterocycles. The number of carbonyl (C=O) groups is 1. The molecule has 1 saturated heterocycles. The van der Waals surface area contributed by atoms with Crippen LogP contribution in [0, 0.1) is 5.92 Å². The molecule has 112 valence electrons. The summed E-state index contributed by atoms with van der Waals surface area (Å²) in [5, 5.41) is 6.24. The molecule has 0 saturated carbocycles. The van der Waals surface area contributed by atoms with Gasteiger partial charge in [0.05, 0.1) is 6.61 Å². The number of aromatic nitrogens is 1. The average Bonchev–Trinajstić information content (AvgIpc) is 2.47. The van der Waals surface area contributed by atoms with Crippen LogP contribution in [-0.2, 0) is 11.3 Å². The third-order valence-corrected chi connectivity index (χ3v) is 3.29. The zero-order valence-electron chi connectivity index (χ0n) is 11.7. The van der Waals surface area contributed by atoms with Crippen LogP contribution < -0.4 is 15.4 Å². The Morgan fingerprint density at radius 1 is 1.50 bits per heavy atom. The largest absolute Gasteiger partial charge is 0.478 e. The smallest absolute Gasteiger partial charge is 0.223 e. The zero-order valence-corrected chi connectivity index (χ0v) is 12.5. The number of nitrogens with zero attached hydrogens (tertiary/aromatic N) is 1. The van der Waals surface area contributed by atoms with Crippen LogP contribution in [0.3, 0.4) is 0 Å². The second kappa shape index (κ2) is 8.76. The van der Waals surface area contributed by atoms with Crippen molar-refractivity contribution in [3.05, 3.63) is 23.9 Å². The van der Waals surface area contributed by atoms with E-state index in [1.165, 1.54) is 0 Å². The molecule has 0 aromatic carbocycles. The number of carbonyl (C=O) groups excluding carboxylic acids is 1. The minimum atomic E-state index is 0. The van der Waals surface area contributed by atoms with Crippen LogP contribution in [0.25, 0.3) is 0 Å². The van der Waals surface area contributed by atoms with Gasteiger partial charge in [-0.25, -0.2) is 4.98 Å². The van der Waals surface area contributed by atoms with Gasteiger partial charge in [-0.15, -0.1) is 12.4 Å². The molecule has 2 heterocycles. The lowest BCUT2D eigenvalue weighted by atomic mass is 9.97. The van der Waals surface area contributed by atoms with Crippen LogP contribution in [-0.4, -0.2) is 30.6 Å². The lowest BCUT2D eigenvalue weighted by Crippen LogP contribution is -2.37. The van der Waals surface area contributed by atoms with E-state index in [1.807, 2.05) is 19.1 Å². The fraction of sp³-hybridized carbons (Fsp3) is 0.571. The summed E-state index contributed by atoms with van der Waals surface area (Å²) < 4.78 is 5.44. The third kappa shape index (κ3) is 4.65. The standard InChI is InChI=1S/C14H21N3O2.ClH/c1-2-19-14-12(4-3-7-16-14)10-17-13(18)11-5-8-15-9-6-11;/h3-4,7,11,15H,2,5-6,8-10H2,1H3,(H,17,18);1H. The summed E-state index contributed by atoms with van der Waals surface area (Å²) in [6.45, 7) is 4.83. The second-order valence-electron chi connectivity index (χ2n) is 4.64. The summed E-state index contributed by atoms with van der Waals surface area (Å²) in [5.74, 6) is 0.872. The van der Waals surface area contributed by atoms with Gasteiger partial charge in [-0.05, 0) is 38.9 Å². The highest BCUT2D eigenvalue weighted by molar-refractivity contribution is 5.85. The number of halogens is 1. The Bertz CT molecular complexity index is 423. The molecule has 2 N–H and O–H groups in total. The second-order valence-corrected chi connectivity index (χ2v) is 4.64. The van der Waals surface area contributed by atoms with Crippen molar-refractivity contribution in [3.63, 3.8) is 0 Å². The first kappa shape index (κ1) is 16.7. The van der Waals surface area contributed by atoms with E-state index < -0.39 is 0 Å². The lowest BCUT2D eigenvalue weighted by Gasteiger charge is -2.21. The number of pyridine rings is 1. The summed E-state index contributed by atoms with van der Waals surface area (Å²) >= 11 is 0. The number of piperidine rings is 1. The molecule has 0 atom stereocenters. The molecule has 0 spiro atoms. The van der Waals surface area contributed by atoms with Gasteiger partial charge >= 0.3 is 0 Å². The molecule has 0 unspecified atom stereocenters. The van der Waals surface area contributed by atoms with E-state index in [-0.39, 0.29) is 24.2 Å². The van der Waals surface area contributed by atoms with Gasteiger partial charge in [-0.1, -0.05) is 6.07 Å². The van der Waals surface area contributed by atoms with E-state index in [1.54, 1.807) is 6.20 Å². The minimum absolute atomic E-state index is 0. The molecule has 0 radical (unpaired) electrons. The van der Waals surface area contributed by atoms with Crippen molar-refractivity contribution >= 4 is 18.3 Å². The zero-order chi connectivity index (χ0) is 13.5. The fourth-order valence-corrected chi connectivity index (χ4v) is 2.24. The van der Waals surface area contributed by atoms with E-state index in [0.717, 1.165) is 31.5 Å². The van der Waals surface area contributed by atoms with Gasteiger partial charge in [0.2, 0.25) is 11.8 Å². The first-order chi connectivity index (χ1) is 9.31. The van der Waals surface area contributed by atoms with E-state index in [2.05, 4.69) is 15.6 Å². The predicted molar refractivity (Wildman–Crippen MR) is 80.1 cm³/mol. The molecule has 1 aromatic rings. The topological polar surface area (TPSA) is 63.2 Å². The SMILES string of the molecule is CCOc1ncccc1CNC(=O)C1CCNCC1.Cl. The number of hydrogen-bond acceptors (Lipinski definition) is 4. The Morgan fingerprint density at radius 2 is 2.25 bits per heavy atom. The van der Waals surface area contributed by atoms with Gasteiger partial charge < -0.3 is 15.4 Å². The molecule has 0 bridgehead atoms. The van der Waals surface area contributed by atoms with Gasteiger partial charge in [0.15, 0.2) is 0 Å². The van der Waals surface area contributed by atoms with Crippen molar-refractivity contribution in [2.75, 3.05) is 19.7 Å². The predicted octanol–water partition coefficient (Wildman–Crippen LogP) is 1.52. The molecular formula is C14H22ClN3O2. The summed E-state index contributed by atoms with van der Waals surface area (Å²) in [6.07, 6.45) is 3.53. The first-order valence-electron chi connectivity index (χ1n) is 6.86. The molecule has 1 aromatic heterocycles. The summed E-state index contributed by atoms with van der Waals surface area (Å²) in [4.78, 5) is 16.2. The van der Waals surface area contributed by atoms with Crippen LogP contribution in [0.1, 0.15) is 25.3 Å². The van der Waals surface area contributed by atoms with Crippen LogP contribution in [0.2, 0.25) is 0 Å². The van der Waals surface area contributed by atoms with Gasteiger partial charge in [-0.3, -0.25) is 4.79 Å². The van der Waals surface area contributed by atoms with Crippen LogP contribution in [0.5, 0.6) is 5.88 Å². The Balaban J connectivity index is 0.00000200. The van der Waals surface area contributed by atoms with Crippen molar-refractivity contribution in [1.29, 1.82) is 0 Å². The minimum Gasteiger partial charge on any atom is -0.478 e. The van der Waals surface area contributed by atoms with Crippen molar-refractivity contribution < 1.29 is 9.53 Å². The Kier molecular flexibility index (Phi) is 7.33. The quantitative estimate of drug-likeness (QED) is 0.865. The molecule has 6 heteroatoms. The monoisotopic (exact) mass is 299 g/mol. The molecule has 1 aliphatic rings. The van der Waals surface area contributed by atoms with Crippen molar-refractivity contribution in [2.24, 2.45) is 5.92 Å². The van der Waals surface area contributed by atoms with E-state index in [4.69, 9.17) is 4.74 Å². The Labute approximate surface area is 125 Å². The van der Waals surface area contributed by atoms with Crippen LogP contribution >= 0.6 is 12.4 Å². The highest BCUT2D eigenvalue weighted by atomic mass is 35.5. The Morgan fingerprint density at radius 3 is 2.95 bits per heavy atom. The van der Waals surface area contributed by atoms with Gasteiger partial charge in [-0.2, -0.15) is 0 Å². The number of nitrogens with one attached hydrogen (secondary N) is 2. The maximum absolute atomic E-state index is 12.0. The Hall–Kier alpha value is -1.33. The van der Waals surface area contributed by atoms with Crippen LogP contribution in [0.4, 0.5) is 0 Å². The highest BCUT2D eigenvalue weighted by Crippen LogP contribution is 2.15. The molecule has 0 aliphatic carbocycles. The van der Waals surface area contributed by atoms with E-state index in [0.29, 0.717) is 19.0 Å². The normalized spacial score (nSPS) is 15.2. The lowest BCUT2D eigenvalue weighted by molar-refractivity contribution is -0.125. The molecule has 1 fully saturated rings.